The second kappa shape index (κ2) is 7.61. The van der Waals surface area contributed by atoms with Gasteiger partial charge < -0.3 is 10.6 Å². The number of nitrogens with zero attached hydrogens (tertiary/aromatic N) is 3. The van der Waals surface area contributed by atoms with E-state index in [9.17, 15) is 9.59 Å². The van der Waals surface area contributed by atoms with E-state index in [0.717, 1.165) is 24.1 Å². The average molecular weight is 407 g/mol. The number of piperidine rings is 1. The van der Waals surface area contributed by atoms with Gasteiger partial charge in [-0.3, -0.25) is 14.0 Å². The second-order valence-electron chi connectivity index (χ2n) is 7.10. The summed E-state index contributed by atoms with van der Waals surface area (Å²) >= 11 is 6.15. The number of halogens is 1. The lowest BCUT2D eigenvalue weighted by atomic mass is 9.96. The number of hydrogen-bond donors (Lipinski definition) is 1. The Hall–Kier alpha value is -3.30. The number of amides is 2. The molecular weight excluding hydrogens is 388 g/mol. The first kappa shape index (κ1) is 19.0. The molecule has 2 amide bonds. The van der Waals surface area contributed by atoms with Gasteiger partial charge in [0.05, 0.1) is 11.2 Å². The van der Waals surface area contributed by atoms with Gasteiger partial charge in [0.1, 0.15) is 0 Å². The number of fused-ring (bicyclic) bond motifs is 1. The van der Waals surface area contributed by atoms with E-state index in [1.807, 2.05) is 31.3 Å². The summed E-state index contributed by atoms with van der Waals surface area (Å²) in [5.74, 6) is 6.12. The summed E-state index contributed by atoms with van der Waals surface area (Å²) in [6.45, 7) is 0.732. The molecule has 1 atom stereocenters. The van der Waals surface area contributed by atoms with Crippen molar-refractivity contribution in [3.8, 4) is 23.1 Å². The van der Waals surface area contributed by atoms with Gasteiger partial charge in [0.15, 0.2) is 0 Å². The van der Waals surface area contributed by atoms with E-state index in [1.54, 1.807) is 27.6 Å². The SMILES string of the molecule is CN1CC[C@H](C#Cc2cccc(-c3nc(C(N)=O)n4ccc(Cl)cc34)c2)CC1=O. The monoisotopic (exact) mass is 406 g/mol. The third-order valence-corrected chi connectivity index (χ3v) is 5.28. The van der Waals surface area contributed by atoms with Crippen molar-refractivity contribution in [2.24, 2.45) is 11.7 Å². The average Bonchev–Trinajstić information content (AvgIpc) is 3.08. The van der Waals surface area contributed by atoms with Crippen molar-refractivity contribution in [1.82, 2.24) is 14.3 Å². The van der Waals surface area contributed by atoms with Gasteiger partial charge in [-0.2, -0.15) is 0 Å². The molecule has 0 spiro atoms. The highest BCUT2D eigenvalue weighted by Crippen LogP contribution is 2.27. The van der Waals surface area contributed by atoms with Gasteiger partial charge in [0.2, 0.25) is 11.7 Å². The molecule has 1 aliphatic rings. The van der Waals surface area contributed by atoms with Crippen LogP contribution in [0.5, 0.6) is 0 Å². The van der Waals surface area contributed by atoms with Crippen LogP contribution in [0.15, 0.2) is 42.6 Å². The van der Waals surface area contributed by atoms with Crippen LogP contribution in [0.25, 0.3) is 16.8 Å². The molecule has 0 saturated carbocycles. The molecule has 4 rings (SSSR count). The maximum absolute atomic E-state index is 11.9. The predicted octanol–water partition coefficient (Wildman–Crippen LogP) is 2.97. The maximum Gasteiger partial charge on any atom is 0.285 e. The molecular formula is C22H19ClN4O2. The Kier molecular flexibility index (Phi) is 4.99. The Balaban J connectivity index is 1.70. The van der Waals surface area contributed by atoms with E-state index in [-0.39, 0.29) is 17.6 Å². The largest absolute Gasteiger partial charge is 0.363 e. The summed E-state index contributed by atoms with van der Waals surface area (Å²) < 4.78 is 1.63. The zero-order valence-corrected chi connectivity index (χ0v) is 16.6. The number of hydrogen-bond acceptors (Lipinski definition) is 3. The molecule has 0 bridgehead atoms. The predicted molar refractivity (Wildman–Crippen MR) is 111 cm³/mol. The highest BCUT2D eigenvalue weighted by molar-refractivity contribution is 6.31. The van der Waals surface area contributed by atoms with Crippen LogP contribution < -0.4 is 5.73 Å². The number of nitrogens with two attached hydrogens (primary N) is 1. The summed E-state index contributed by atoms with van der Waals surface area (Å²) in [5, 5.41) is 0.539. The molecule has 0 unspecified atom stereocenters. The fraction of sp³-hybridized carbons (Fsp3) is 0.227. The molecule has 1 fully saturated rings. The van der Waals surface area contributed by atoms with Gasteiger partial charge in [0.25, 0.3) is 5.91 Å². The lowest BCUT2D eigenvalue weighted by Gasteiger charge is -2.25. The fourth-order valence-electron chi connectivity index (χ4n) is 3.44. The normalized spacial score (nSPS) is 16.6. The summed E-state index contributed by atoms with van der Waals surface area (Å²) in [5.41, 5.74) is 8.41. The molecule has 2 N–H and O–H groups in total. The Morgan fingerprint density at radius 1 is 1.31 bits per heavy atom. The first-order valence-electron chi connectivity index (χ1n) is 9.26. The Morgan fingerprint density at radius 2 is 2.14 bits per heavy atom. The molecule has 146 valence electrons. The van der Waals surface area contributed by atoms with Crippen molar-refractivity contribution in [3.05, 3.63) is 59.0 Å². The van der Waals surface area contributed by atoms with Crippen LogP contribution in [0.1, 0.15) is 29.0 Å². The van der Waals surface area contributed by atoms with E-state index < -0.39 is 5.91 Å². The van der Waals surface area contributed by atoms with Crippen LogP contribution in [0.4, 0.5) is 0 Å². The number of rotatable bonds is 2. The van der Waals surface area contributed by atoms with E-state index in [0.29, 0.717) is 22.7 Å². The van der Waals surface area contributed by atoms with Gasteiger partial charge in [-0.25, -0.2) is 4.98 Å². The Bertz CT molecular complexity index is 1190. The first-order chi connectivity index (χ1) is 13.9. The van der Waals surface area contributed by atoms with Crippen LogP contribution in [0.3, 0.4) is 0 Å². The molecule has 0 radical (unpaired) electrons. The number of imidazole rings is 1. The van der Waals surface area contributed by atoms with Gasteiger partial charge in [-0.1, -0.05) is 35.6 Å². The van der Waals surface area contributed by atoms with E-state index in [4.69, 9.17) is 17.3 Å². The maximum atomic E-state index is 11.9. The van der Waals surface area contributed by atoms with Crippen molar-refractivity contribution in [2.45, 2.75) is 12.8 Å². The molecule has 7 heteroatoms. The first-order valence-corrected chi connectivity index (χ1v) is 9.63. The van der Waals surface area contributed by atoms with Crippen LogP contribution in [0, 0.1) is 17.8 Å². The number of pyridine rings is 1. The van der Waals surface area contributed by atoms with Crippen molar-refractivity contribution in [1.29, 1.82) is 0 Å². The van der Waals surface area contributed by atoms with Gasteiger partial charge >= 0.3 is 0 Å². The molecule has 1 aromatic carbocycles. The van der Waals surface area contributed by atoms with Gasteiger partial charge in [0, 0.05) is 48.3 Å². The zero-order valence-electron chi connectivity index (χ0n) is 15.9. The molecule has 3 heterocycles. The molecule has 29 heavy (non-hydrogen) atoms. The van der Waals surface area contributed by atoms with Crippen LogP contribution >= 0.6 is 11.6 Å². The van der Waals surface area contributed by atoms with E-state index in [1.165, 1.54) is 0 Å². The van der Waals surface area contributed by atoms with Crippen LogP contribution in [-0.2, 0) is 4.79 Å². The minimum absolute atomic E-state index is 0.0658. The Labute approximate surface area is 173 Å². The smallest absolute Gasteiger partial charge is 0.285 e. The number of carbonyl (C=O) groups is 2. The number of primary amides is 1. The number of likely N-dealkylation sites (tertiary alicyclic amines) is 1. The molecule has 3 aromatic rings. The van der Waals surface area contributed by atoms with Crippen molar-refractivity contribution >= 4 is 28.9 Å². The fourth-order valence-corrected chi connectivity index (χ4v) is 3.60. The van der Waals surface area contributed by atoms with E-state index in [2.05, 4.69) is 16.8 Å². The van der Waals surface area contributed by atoms with E-state index >= 15 is 0 Å². The van der Waals surface area contributed by atoms with Crippen molar-refractivity contribution < 1.29 is 9.59 Å². The van der Waals surface area contributed by atoms with Crippen molar-refractivity contribution in [3.63, 3.8) is 0 Å². The van der Waals surface area contributed by atoms with Crippen LogP contribution in [-0.4, -0.2) is 39.7 Å². The van der Waals surface area contributed by atoms with Gasteiger partial charge in [-0.15, -0.1) is 0 Å². The lowest BCUT2D eigenvalue weighted by molar-refractivity contribution is -0.132. The third kappa shape index (κ3) is 3.82. The molecule has 0 aliphatic carbocycles. The lowest BCUT2D eigenvalue weighted by Crippen LogP contribution is -2.35. The van der Waals surface area contributed by atoms with Gasteiger partial charge in [-0.05, 0) is 30.7 Å². The molecule has 6 nitrogen and oxygen atoms in total. The summed E-state index contributed by atoms with van der Waals surface area (Å²) in [4.78, 5) is 29.8. The third-order valence-electron chi connectivity index (χ3n) is 5.04. The standard InChI is InChI=1S/C22H19ClN4O2/c1-26-9-7-15(12-19(26)28)6-5-14-3-2-4-16(11-14)20-18-13-17(23)8-10-27(18)22(25-20)21(24)29/h2-4,8,10-11,13,15H,7,9,12H2,1H3,(H2,24,29)/t15-/m0/s1. The molecule has 1 saturated heterocycles. The minimum Gasteiger partial charge on any atom is -0.363 e. The summed E-state index contributed by atoms with van der Waals surface area (Å²) in [6.07, 6.45) is 3.01. The quantitative estimate of drug-likeness (QED) is 0.664. The highest BCUT2D eigenvalue weighted by Gasteiger charge is 2.21. The van der Waals surface area contributed by atoms with Crippen molar-refractivity contribution in [2.75, 3.05) is 13.6 Å². The molecule has 1 aliphatic heterocycles. The highest BCUT2D eigenvalue weighted by atomic mass is 35.5. The number of benzene rings is 1. The molecule has 2 aromatic heterocycles. The second-order valence-corrected chi connectivity index (χ2v) is 7.54. The minimum atomic E-state index is -0.614. The van der Waals surface area contributed by atoms with Crippen LogP contribution in [0.2, 0.25) is 5.02 Å². The summed E-state index contributed by atoms with van der Waals surface area (Å²) in [7, 11) is 1.82. The summed E-state index contributed by atoms with van der Waals surface area (Å²) in [6, 6.07) is 11.0. The number of carbonyl (C=O) groups excluding carboxylic acids is 2. The Morgan fingerprint density at radius 3 is 2.90 bits per heavy atom. The number of aromatic nitrogens is 2. The topological polar surface area (TPSA) is 80.7 Å². The zero-order chi connectivity index (χ0) is 20.5.